The van der Waals surface area contributed by atoms with E-state index in [1.54, 1.807) is 0 Å². The normalized spacial score (nSPS) is 23.4. The molecule has 3 saturated heterocycles. The number of alkyl halides is 3. The number of nitrogens with zero attached hydrogens (tertiary/aromatic N) is 7. The topological polar surface area (TPSA) is 62.6 Å². The lowest BCUT2D eigenvalue weighted by atomic mass is 9.86. The molecule has 8 nitrogen and oxygen atoms in total. The summed E-state index contributed by atoms with van der Waals surface area (Å²) in [5.41, 5.74) is 3.04. The van der Waals surface area contributed by atoms with Crippen LogP contribution in [-0.4, -0.2) is 83.3 Å². The van der Waals surface area contributed by atoms with Crippen LogP contribution >= 0.6 is 0 Å². The molecule has 1 unspecified atom stereocenters. The van der Waals surface area contributed by atoms with Crippen molar-refractivity contribution < 1.29 is 17.9 Å². The number of anilines is 2. The average Bonchev–Trinajstić information content (AvgIpc) is 3.57. The lowest BCUT2D eigenvalue weighted by Crippen LogP contribution is -2.36. The summed E-state index contributed by atoms with van der Waals surface area (Å²) in [5.74, 6) is 0.683. The molecule has 0 N–H and O–H groups in total. The SMILES string of the molecule is FC(F)(F)Cn1cc2c(N3CCC4(CCN(Cc5ccc(N6CCOCC6)cc5)C4)C3)ncnc2n1. The van der Waals surface area contributed by atoms with E-state index in [0.717, 1.165) is 76.6 Å². The summed E-state index contributed by atoms with van der Waals surface area (Å²) in [4.78, 5) is 15.6. The summed E-state index contributed by atoms with van der Waals surface area (Å²) >= 11 is 0. The maximum absolute atomic E-state index is 12.9. The maximum Gasteiger partial charge on any atom is 0.408 e. The Labute approximate surface area is 207 Å². The highest BCUT2D eigenvalue weighted by Crippen LogP contribution is 2.42. The van der Waals surface area contributed by atoms with Gasteiger partial charge < -0.3 is 14.5 Å². The van der Waals surface area contributed by atoms with E-state index < -0.39 is 12.7 Å². The van der Waals surface area contributed by atoms with E-state index in [1.807, 2.05) is 0 Å². The first-order valence-electron chi connectivity index (χ1n) is 12.5. The minimum absolute atomic E-state index is 0.174. The number of benzene rings is 1. The minimum Gasteiger partial charge on any atom is -0.378 e. The van der Waals surface area contributed by atoms with Crippen molar-refractivity contribution in [3.8, 4) is 0 Å². The Balaban J connectivity index is 1.10. The van der Waals surface area contributed by atoms with Gasteiger partial charge in [-0.15, -0.1) is 0 Å². The average molecular weight is 502 g/mol. The smallest absolute Gasteiger partial charge is 0.378 e. The molecule has 6 rings (SSSR count). The van der Waals surface area contributed by atoms with Gasteiger partial charge in [-0.05, 0) is 37.1 Å². The molecule has 2 aromatic heterocycles. The zero-order valence-electron chi connectivity index (χ0n) is 20.1. The number of hydrogen-bond acceptors (Lipinski definition) is 7. The van der Waals surface area contributed by atoms with Gasteiger partial charge in [0.2, 0.25) is 0 Å². The second-order valence-electron chi connectivity index (χ2n) is 10.3. The molecule has 36 heavy (non-hydrogen) atoms. The number of hydrogen-bond donors (Lipinski definition) is 0. The van der Waals surface area contributed by atoms with Crippen LogP contribution in [-0.2, 0) is 17.8 Å². The number of ether oxygens (including phenoxy) is 1. The lowest BCUT2D eigenvalue weighted by molar-refractivity contribution is -0.142. The van der Waals surface area contributed by atoms with E-state index in [2.05, 4.69) is 54.0 Å². The van der Waals surface area contributed by atoms with Gasteiger partial charge in [0.15, 0.2) is 5.65 Å². The van der Waals surface area contributed by atoms with Crippen LogP contribution in [0.1, 0.15) is 18.4 Å². The second-order valence-corrected chi connectivity index (χ2v) is 10.3. The van der Waals surface area contributed by atoms with Crippen molar-refractivity contribution in [1.82, 2.24) is 24.6 Å². The van der Waals surface area contributed by atoms with Crippen molar-refractivity contribution in [2.24, 2.45) is 5.41 Å². The molecule has 0 saturated carbocycles. The van der Waals surface area contributed by atoms with Crippen LogP contribution in [0.25, 0.3) is 11.0 Å². The zero-order chi connectivity index (χ0) is 24.8. The molecule has 1 atom stereocenters. The molecule has 3 aliphatic rings. The third-order valence-corrected chi connectivity index (χ3v) is 7.66. The van der Waals surface area contributed by atoms with Crippen molar-refractivity contribution in [3.63, 3.8) is 0 Å². The largest absolute Gasteiger partial charge is 0.408 e. The molecular formula is C25H30F3N7O. The first kappa shape index (κ1) is 23.5. The summed E-state index contributed by atoms with van der Waals surface area (Å²) in [5, 5.41) is 4.59. The third-order valence-electron chi connectivity index (χ3n) is 7.66. The zero-order valence-corrected chi connectivity index (χ0v) is 20.1. The van der Waals surface area contributed by atoms with Gasteiger partial charge in [-0.1, -0.05) is 12.1 Å². The summed E-state index contributed by atoms with van der Waals surface area (Å²) in [6.07, 6.45) is 0.641. The molecule has 11 heteroatoms. The highest BCUT2D eigenvalue weighted by molar-refractivity contribution is 5.86. The fraction of sp³-hybridized carbons (Fsp3) is 0.560. The van der Waals surface area contributed by atoms with Crippen LogP contribution in [0, 0.1) is 5.41 Å². The maximum atomic E-state index is 12.9. The Morgan fingerprint density at radius 2 is 1.69 bits per heavy atom. The van der Waals surface area contributed by atoms with E-state index >= 15 is 0 Å². The quantitative estimate of drug-likeness (QED) is 0.532. The second kappa shape index (κ2) is 9.19. The van der Waals surface area contributed by atoms with Crippen molar-refractivity contribution in [2.75, 3.05) is 62.3 Å². The lowest BCUT2D eigenvalue weighted by Gasteiger charge is -2.29. The number of aromatic nitrogens is 4. The van der Waals surface area contributed by atoms with Crippen LogP contribution in [0.2, 0.25) is 0 Å². The van der Waals surface area contributed by atoms with E-state index in [0.29, 0.717) is 16.9 Å². The van der Waals surface area contributed by atoms with Gasteiger partial charge in [0, 0.05) is 56.6 Å². The van der Waals surface area contributed by atoms with E-state index in [-0.39, 0.29) is 5.41 Å². The van der Waals surface area contributed by atoms with Crippen molar-refractivity contribution >= 4 is 22.5 Å². The highest BCUT2D eigenvalue weighted by Gasteiger charge is 2.44. The van der Waals surface area contributed by atoms with Gasteiger partial charge in [0.05, 0.1) is 18.6 Å². The number of halogens is 3. The summed E-state index contributed by atoms with van der Waals surface area (Å²) in [6.45, 7) is 6.96. The molecule has 192 valence electrons. The van der Waals surface area contributed by atoms with Crippen molar-refractivity contribution in [1.29, 1.82) is 0 Å². The van der Waals surface area contributed by atoms with Gasteiger partial charge in [-0.25, -0.2) is 9.97 Å². The van der Waals surface area contributed by atoms with Crippen LogP contribution in [0.5, 0.6) is 0 Å². The molecule has 3 aliphatic heterocycles. The van der Waals surface area contributed by atoms with Crippen LogP contribution in [0.15, 0.2) is 36.8 Å². The Kier molecular flexibility index (Phi) is 5.99. The van der Waals surface area contributed by atoms with Crippen LogP contribution in [0.4, 0.5) is 24.7 Å². The molecule has 0 amide bonds. The minimum atomic E-state index is -4.33. The van der Waals surface area contributed by atoms with Gasteiger partial charge in [0.25, 0.3) is 0 Å². The Bertz CT molecular complexity index is 1210. The number of likely N-dealkylation sites (tertiary alicyclic amines) is 1. The van der Waals surface area contributed by atoms with Crippen molar-refractivity contribution in [2.45, 2.75) is 32.1 Å². The van der Waals surface area contributed by atoms with Crippen LogP contribution < -0.4 is 9.80 Å². The molecule has 5 heterocycles. The van der Waals surface area contributed by atoms with Gasteiger partial charge in [-0.2, -0.15) is 18.3 Å². The molecule has 0 aliphatic carbocycles. The van der Waals surface area contributed by atoms with Crippen LogP contribution in [0.3, 0.4) is 0 Å². The first-order valence-corrected chi connectivity index (χ1v) is 12.5. The molecule has 3 aromatic rings. The standard InChI is InChI=1S/C25H30F3N7O/c26-25(27,28)17-35-14-21-22(31-35)29-18-30-23(21)34-8-6-24(16-34)5-7-32(15-24)13-19-1-3-20(4-2-19)33-9-11-36-12-10-33/h1-4,14,18H,5-13,15-17H2. The summed E-state index contributed by atoms with van der Waals surface area (Å²) in [6, 6.07) is 8.88. The predicted molar refractivity (Wildman–Crippen MR) is 130 cm³/mol. The van der Waals surface area contributed by atoms with Gasteiger partial charge >= 0.3 is 6.18 Å². The Morgan fingerprint density at radius 1 is 0.917 bits per heavy atom. The Hall–Kier alpha value is -2.92. The summed E-state index contributed by atoms with van der Waals surface area (Å²) in [7, 11) is 0. The van der Waals surface area contributed by atoms with Gasteiger partial charge in [0.1, 0.15) is 18.7 Å². The molecular weight excluding hydrogens is 471 g/mol. The molecule has 1 spiro atoms. The number of morpholine rings is 1. The van der Waals surface area contributed by atoms with E-state index in [9.17, 15) is 13.2 Å². The summed E-state index contributed by atoms with van der Waals surface area (Å²) < 4.78 is 44.9. The fourth-order valence-corrected chi connectivity index (χ4v) is 5.89. The van der Waals surface area contributed by atoms with E-state index in [4.69, 9.17) is 4.74 Å². The monoisotopic (exact) mass is 501 g/mol. The molecule has 3 fully saturated rings. The van der Waals surface area contributed by atoms with Gasteiger partial charge in [-0.3, -0.25) is 9.58 Å². The molecule has 0 bridgehead atoms. The number of rotatable bonds is 5. The Morgan fingerprint density at radius 3 is 2.47 bits per heavy atom. The third kappa shape index (κ3) is 4.86. The van der Waals surface area contributed by atoms with Crippen molar-refractivity contribution in [3.05, 3.63) is 42.4 Å². The fourth-order valence-electron chi connectivity index (χ4n) is 5.89. The highest BCUT2D eigenvalue weighted by atomic mass is 19.4. The predicted octanol–water partition coefficient (Wildman–Crippen LogP) is 3.33. The molecule has 0 radical (unpaired) electrons. The number of fused-ring (bicyclic) bond motifs is 1. The first-order chi connectivity index (χ1) is 17.4. The van der Waals surface area contributed by atoms with E-state index in [1.165, 1.54) is 23.8 Å². The molecule has 1 aromatic carbocycles.